The molecule has 3 aromatic rings. The van der Waals surface area contributed by atoms with Gasteiger partial charge in [0.05, 0.1) is 4.47 Å². The van der Waals surface area contributed by atoms with Crippen LogP contribution in [0.2, 0.25) is 5.02 Å². The third-order valence-electron chi connectivity index (χ3n) is 5.61. The van der Waals surface area contributed by atoms with Crippen LogP contribution in [0.5, 0.6) is 5.75 Å². The van der Waals surface area contributed by atoms with Crippen LogP contribution in [-0.4, -0.2) is 35.4 Å². The topological polar surface area (TPSA) is 58.6 Å². The number of rotatable bonds is 9. The first-order valence-corrected chi connectivity index (χ1v) is 12.1. The van der Waals surface area contributed by atoms with Gasteiger partial charge in [-0.05, 0) is 70.7 Å². The highest BCUT2D eigenvalue weighted by Gasteiger charge is 2.27. The maximum atomic E-state index is 13.2. The summed E-state index contributed by atoms with van der Waals surface area (Å²) in [7, 11) is 0. The summed E-state index contributed by atoms with van der Waals surface area (Å²) in [6.45, 7) is 5.76. The van der Waals surface area contributed by atoms with E-state index in [2.05, 4.69) is 21.2 Å². The van der Waals surface area contributed by atoms with Crippen molar-refractivity contribution < 1.29 is 14.3 Å². The third kappa shape index (κ3) is 6.49. The van der Waals surface area contributed by atoms with Crippen LogP contribution in [0.15, 0.2) is 65.1 Å². The van der Waals surface area contributed by atoms with E-state index in [0.717, 1.165) is 27.2 Å². The number of benzene rings is 3. The van der Waals surface area contributed by atoms with Crippen molar-refractivity contribution in [1.82, 2.24) is 10.2 Å². The number of hydrogen-bond donors (Lipinski definition) is 1. The van der Waals surface area contributed by atoms with Gasteiger partial charge in [-0.25, -0.2) is 0 Å². The number of carbonyl (C=O) groups excluding carboxylic acids is 2. The highest BCUT2D eigenvalue weighted by molar-refractivity contribution is 9.10. The first-order chi connectivity index (χ1) is 15.8. The Morgan fingerprint density at radius 2 is 1.76 bits per heavy atom. The van der Waals surface area contributed by atoms with Crippen molar-refractivity contribution in [3.05, 3.63) is 75.7 Å². The molecule has 7 heteroatoms. The maximum absolute atomic E-state index is 13.2. The van der Waals surface area contributed by atoms with Gasteiger partial charge < -0.3 is 15.0 Å². The molecule has 2 amide bonds. The fourth-order valence-electron chi connectivity index (χ4n) is 3.38. The number of hydrogen-bond acceptors (Lipinski definition) is 3. The fourth-order valence-corrected chi connectivity index (χ4v) is 4.12. The summed E-state index contributed by atoms with van der Waals surface area (Å²) in [5.41, 5.74) is 0.878. The molecule has 0 radical (unpaired) electrons. The molecular formula is C26H28BrClN2O3. The standard InChI is InChI=1S/C26H28BrClN2O3/c1-4-17(2)29-26(32)18(3)30(15-19-9-12-21(28)13-10-19)24(31)16-33-23-14-11-20-7-5-6-8-22(20)25(23)27/h5-14,17-18H,4,15-16H2,1-3H3,(H,29,32)/t17-,18+/m1/s1. The lowest BCUT2D eigenvalue weighted by molar-refractivity contribution is -0.142. The second-order valence-electron chi connectivity index (χ2n) is 8.03. The Balaban J connectivity index is 1.78. The molecule has 0 fully saturated rings. The van der Waals surface area contributed by atoms with Gasteiger partial charge in [0.25, 0.3) is 5.91 Å². The Bertz CT molecular complexity index is 1120. The van der Waals surface area contributed by atoms with Crippen molar-refractivity contribution in [3.63, 3.8) is 0 Å². The molecule has 2 atom stereocenters. The Kier molecular flexibility index (Phi) is 8.75. The first kappa shape index (κ1) is 25.1. The van der Waals surface area contributed by atoms with E-state index < -0.39 is 6.04 Å². The summed E-state index contributed by atoms with van der Waals surface area (Å²) >= 11 is 9.59. The summed E-state index contributed by atoms with van der Waals surface area (Å²) in [6, 6.07) is 18.3. The van der Waals surface area contributed by atoms with Gasteiger partial charge in [0.2, 0.25) is 5.91 Å². The molecule has 0 saturated heterocycles. The lowest BCUT2D eigenvalue weighted by Crippen LogP contribution is -2.50. The predicted octanol–water partition coefficient (Wildman–Crippen LogP) is 5.97. The molecule has 174 valence electrons. The van der Waals surface area contributed by atoms with Crippen molar-refractivity contribution in [1.29, 1.82) is 0 Å². The molecule has 33 heavy (non-hydrogen) atoms. The lowest BCUT2D eigenvalue weighted by atomic mass is 10.1. The number of fused-ring (bicyclic) bond motifs is 1. The Morgan fingerprint density at radius 3 is 2.45 bits per heavy atom. The number of nitrogens with one attached hydrogen (secondary N) is 1. The molecule has 0 heterocycles. The molecule has 5 nitrogen and oxygen atoms in total. The number of ether oxygens (including phenoxy) is 1. The van der Waals surface area contributed by atoms with Crippen molar-refractivity contribution >= 4 is 50.1 Å². The van der Waals surface area contributed by atoms with Crippen LogP contribution < -0.4 is 10.1 Å². The van der Waals surface area contributed by atoms with Crippen molar-refractivity contribution in [3.8, 4) is 5.75 Å². The van der Waals surface area contributed by atoms with Crippen LogP contribution >= 0.6 is 27.5 Å². The number of carbonyl (C=O) groups is 2. The molecule has 0 bridgehead atoms. The van der Waals surface area contributed by atoms with E-state index in [0.29, 0.717) is 10.8 Å². The average molecular weight is 532 g/mol. The zero-order valence-corrected chi connectivity index (χ0v) is 21.3. The molecule has 0 spiro atoms. The van der Waals surface area contributed by atoms with E-state index in [1.165, 1.54) is 4.90 Å². The van der Waals surface area contributed by atoms with Crippen molar-refractivity contribution in [2.24, 2.45) is 0 Å². The zero-order chi connectivity index (χ0) is 24.0. The van der Waals surface area contributed by atoms with Gasteiger partial charge in [-0.1, -0.05) is 61.0 Å². The number of amides is 2. The molecule has 1 N–H and O–H groups in total. The Labute approximate surface area is 208 Å². The maximum Gasteiger partial charge on any atom is 0.261 e. The molecule has 3 aromatic carbocycles. The zero-order valence-electron chi connectivity index (χ0n) is 19.0. The second-order valence-corrected chi connectivity index (χ2v) is 9.26. The smallest absolute Gasteiger partial charge is 0.261 e. The van der Waals surface area contributed by atoms with E-state index in [1.54, 1.807) is 19.1 Å². The number of nitrogens with zero attached hydrogens (tertiary/aromatic N) is 1. The van der Waals surface area contributed by atoms with Crippen LogP contribution in [0.1, 0.15) is 32.8 Å². The summed E-state index contributed by atoms with van der Waals surface area (Å²) < 4.78 is 6.68. The van der Waals surface area contributed by atoms with Gasteiger partial charge in [-0.3, -0.25) is 9.59 Å². The quantitative estimate of drug-likeness (QED) is 0.370. The summed E-state index contributed by atoms with van der Waals surface area (Å²) in [5, 5.41) is 5.65. The minimum atomic E-state index is -0.661. The molecule has 0 unspecified atom stereocenters. The van der Waals surface area contributed by atoms with Crippen LogP contribution in [0.3, 0.4) is 0 Å². The van der Waals surface area contributed by atoms with E-state index >= 15 is 0 Å². The fraction of sp³-hybridized carbons (Fsp3) is 0.308. The SMILES string of the molecule is CC[C@@H](C)NC(=O)[C@H](C)N(Cc1ccc(Cl)cc1)C(=O)COc1ccc2ccccc2c1Br. The van der Waals surface area contributed by atoms with Crippen molar-refractivity contribution in [2.45, 2.75) is 45.8 Å². The first-order valence-electron chi connectivity index (χ1n) is 10.9. The van der Waals surface area contributed by atoms with Crippen LogP contribution in [0, 0.1) is 0 Å². The largest absolute Gasteiger partial charge is 0.483 e. The Hall–Kier alpha value is -2.57. The van der Waals surface area contributed by atoms with Crippen molar-refractivity contribution in [2.75, 3.05) is 6.61 Å². The normalized spacial score (nSPS) is 12.8. The minimum absolute atomic E-state index is 0.0252. The monoisotopic (exact) mass is 530 g/mol. The third-order valence-corrected chi connectivity index (χ3v) is 6.68. The minimum Gasteiger partial charge on any atom is -0.483 e. The molecule has 0 aliphatic rings. The predicted molar refractivity (Wildman–Crippen MR) is 137 cm³/mol. The summed E-state index contributed by atoms with van der Waals surface area (Å²) in [6.07, 6.45) is 0.808. The van der Waals surface area contributed by atoms with E-state index in [4.69, 9.17) is 16.3 Å². The molecule has 0 aromatic heterocycles. The van der Waals surface area contributed by atoms with Crippen LogP contribution in [-0.2, 0) is 16.1 Å². The summed E-state index contributed by atoms with van der Waals surface area (Å²) in [4.78, 5) is 27.6. The second kappa shape index (κ2) is 11.5. The lowest BCUT2D eigenvalue weighted by Gasteiger charge is -2.29. The summed E-state index contributed by atoms with van der Waals surface area (Å²) in [5.74, 6) is 0.0977. The molecular weight excluding hydrogens is 504 g/mol. The van der Waals surface area contributed by atoms with Gasteiger partial charge in [-0.2, -0.15) is 0 Å². The van der Waals surface area contributed by atoms with E-state index in [9.17, 15) is 9.59 Å². The van der Waals surface area contributed by atoms with Gasteiger partial charge >= 0.3 is 0 Å². The highest BCUT2D eigenvalue weighted by Crippen LogP contribution is 2.33. The van der Waals surface area contributed by atoms with Gasteiger partial charge in [0.15, 0.2) is 6.61 Å². The molecule has 3 rings (SSSR count). The molecule has 0 aliphatic heterocycles. The molecule has 0 aliphatic carbocycles. The highest BCUT2D eigenvalue weighted by atomic mass is 79.9. The van der Waals surface area contributed by atoms with Gasteiger partial charge in [-0.15, -0.1) is 0 Å². The molecule has 0 saturated carbocycles. The van der Waals surface area contributed by atoms with Gasteiger partial charge in [0.1, 0.15) is 11.8 Å². The Morgan fingerprint density at radius 1 is 1.06 bits per heavy atom. The van der Waals surface area contributed by atoms with Gasteiger partial charge in [0, 0.05) is 17.6 Å². The van der Waals surface area contributed by atoms with Crippen LogP contribution in [0.25, 0.3) is 10.8 Å². The van der Waals surface area contributed by atoms with E-state index in [-0.39, 0.29) is 31.0 Å². The number of halogens is 2. The van der Waals surface area contributed by atoms with Crippen LogP contribution in [0.4, 0.5) is 0 Å². The van der Waals surface area contributed by atoms with E-state index in [1.807, 2.05) is 62.4 Å². The average Bonchev–Trinajstić information content (AvgIpc) is 2.82.